The lowest BCUT2D eigenvalue weighted by molar-refractivity contribution is 0.930. The van der Waals surface area contributed by atoms with E-state index in [9.17, 15) is 0 Å². The molecule has 0 unspecified atom stereocenters. The number of H-pyrrole nitrogens is 1. The molecule has 0 saturated carbocycles. The number of hydrogen-bond acceptors (Lipinski definition) is 5. The molecule has 0 fully saturated rings. The summed E-state index contributed by atoms with van der Waals surface area (Å²) in [4.78, 5) is 10.2. The van der Waals surface area contributed by atoms with Crippen molar-refractivity contribution in [2.75, 3.05) is 0 Å². The van der Waals surface area contributed by atoms with Crippen LogP contribution < -0.4 is 0 Å². The molecule has 0 atom stereocenters. The Morgan fingerprint density at radius 3 is 2.53 bits per heavy atom. The van der Waals surface area contributed by atoms with Gasteiger partial charge >= 0.3 is 0 Å². The van der Waals surface area contributed by atoms with Gasteiger partial charge in [-0.05, 0) is 19.1 Å². The molecule has 5 nitrogen and oxygen atoms in total. The molecule has 84 valence electrons. The number of aryl methyl sites for hydroxylation is 1. The Balaban J connectivity index is 2.02. The summed E-state index contributed by atoms with van der Waals surface area (Å²) < 4.78 is 0. The summed E-state index contributed by atoms with van der Waals surface area (Å²) in [7, 11) is 0. The second kappa shape index (κ2) is 4.06. The monoisotopic (exact) mass is 243 g/mol. The van der Waals surface area contributed by atoms with E-state index in [-0.39, 0.29) is 0 Å². The molecule has 3 aromatic rings. The minimum Gasteiger partial charge on any atom is -0.244 e. The van der Waals surface area contributed by atoms with Crippen molar-refractivity contribution in [2.45, 2.75) is 6.92 Å². The van der Waals surface area contributed by atoms with Gasteiger partial charge in [0.05, 0.1) is 10.6 Å². The highest BCUT2D eigenvalue weighted by molar-refractivity contribution is 7.18. The molecule has 0 amide bonds. The first-order valence-corrected chi connectivity index (χ1v) is 5.89. The summed E-state index contributed by atoms with van der Waals surface area (Å²) in [6, 6.07) is 4.09. The molecule has 3 aromatic heterocycles. The zero-order chi connectivity index (χ0) is 11.7. The fourth-order valence-electron chi connectivity index (χ4n) is 1.56. The van der Waals surface area contributed by atoms with Gasteiger partial charge in [-0.25, -0.2) is 9.97 Å². The predicted octanol–water partition coefficient (Wildman–Crippen LogP) is 2.30. The van der Waals surface area contributed by atoms with Crippen molar-refractivity contribution in [3.05, 3.63) is 36.5 Å². The fraction of sp³-hybridized carbons (Fsp3) is 0.0909. The Kier molecular flexibility index (Phi) is 2.41. The van der Waals surface area contributed by atoms with Crippen molar-refractivity contribution in [1.82, 2.24) is 25.4 Å². The van der Waals surface area contributed by atoms with Gasteiger partial charge in [-0.1, -0.05) is 0 Å². The number of rotatable bonds is 2. The van der Waals surface area contributed by atoms with Crippen molar-refractivity contribution < 1.29 is 0 Å². The summed E-state index contributed by atoms with van der Waals surface area (Å²) in [6.45, 7) is 1.93. The van der Waals surface area contributed by atoms with E-state index in [1.54, 1.807) is 23.7 Å². The lowest BCUT2D eigenvalue weighted by Crippen LogP contribution is -1.77. The summed E-state index contributed by atoms with van der Waals surface area (Å²) >= 11 is 1.66. The number of nitrogens with zero attached hydrogens (tertiary/aromatic N) is 4. The van der Waals surface area contributed by atoms with Crippen LogP contribution in [0.4, 0.5) is 0 Å². The molecular formula is C11H9N5S. The molecule has 3 heterocycles. The van der Waals surface area contributed by atoms with Gasteiger partial charge in [0.25, 0.3) is 0 Å². The number of hydrogen-bond donors (Lipinski definition) is 1. The second-order valence-corrected chi connectivity index (χ2v) is 4.63. The molecule has 0 radical (unpaired) electrons. The minimum atomic E-state index is 0.901. The van der Waals surface area contributed by atoms with Gasteiger partial charge in [0.15, 0.2) is 0 Å². The smallest absolute Gasteiger partial charge is 0.125 e. The van der Waals surface area contributed by atoms with Crippen LogP contribution in [0.1, 0.15) is 5.69 Å². The highest BCUT2D eigenvalue weighted by Crippen LogP contribution is 2.33. The van der Waals surface area contributed by atoms with Gasteiger partial charge in [0.2, 0.25) is 0 Å². The van der Waals surface area contributed by atoms with E-state index in [4.69, 9.17) is 0 Å². The third kappa shape index (κ3) is 1.83. The predicted molar refractivity (Wildman–Crippen MR) is 65.5 cm³/mol. The average Bonchev–Trinajstić information content (AvgIpc) is 2.98. The molecule has 0 saturated heterocycles. The highest BCUT2D eigenvalue weighted by Gasteiger charge is 2.10. The third-order valence-corrected chi connectivity index (χ3v) is 3.55. The summed E-state index contributed by atoms with van der Waals surface area (Å²) in [5.74, 6) is 0. The zero-order valence-electron chi connectivity index (χ0n) is 9.08. The van der Waals surface area contributed by atoms with Gasteiger partial charge in [-0.3, -0.25) is 0 Å². The van der Waals surface area contributed by atoms with Crippen molar-refractivity contribution in [3.8, 4) is 21.0 Å². The lowest BCUT2D eigenvalue weighted by atomic mass is 10.2. The molecule has 0 aromatic carbocycles. The van der Waals surface area contributed by atoms with Crippen LogP contribution in [0.3, 0.4) is 0 Å². The third-order valence-electron chi connectivity index (χ3n) is 2.41. The number of aromatic amines is 1. The van der Waals surface area contributed by atoms with Crippen molar-refractivity contribution in [2.24, 2.45) is 0 Å². The van der Waals surface area contributed by atoms with E-state index in [0.29, 0.717) is 0 Å². The maximum Gasteiger partial charge on any atom is 0.125 e. The molecule has 0 bridgehead atoms. The van der Waals surface area contributed by atoms with Gasteiger partial charge in [-0.2, -0.15) is 15.4 Å². The van der Waals surface area contributed by atoms with Gasteiger partial charge in [0.1, 0.15) is 12.0 Å². The molecule has 17 heavy (non-hydrogen) atoms. The highest BCUT2D eigenvalue weighted by atomic mass is 32.1. The number of nitrogens with one attached hydrogen (secondary N) is 1. The molecule has 6 heteroatoms. The molecular weight excluding hydrogens is 234 g/mol. The summed E-state index contributed by atoms with van der Waals surface area (Å²) in [5, 5.41) is 10.8. The summed E-state index contributed by atoms with van der Waals surface area (Å²) in [5.41, 5.74) is 2.82. The Morgan fingerprint density at radius 2 is 1.82 bits per heavy atom. The maximum atomic E-state index is 4.14. The maximum absolute atomic E-state index is 4.14. The Morgan fingerprint density at radius 1 is 1.06 bits per heavy atom. The van der Waals surface area contributed by atoms with Crippen LogP contribution in [0.25, 0.3) is 21.0 Å². The lowest BCUT2D eigenvalue weighted by Gasteiger charge is -1.93. The quantitative estimate of drug-likeness (QED) is 0.750. The first-order chi connectivity index (χ1) is 8.34. The Bertz CT molecular complexity index is 628. The van der Waals surface area contributed by atoms with Crippen LogP contribution in [0.15, 0.2) is 30.9 Å². The van der Waals surface area contributed by atoms with Crippen LogP contribution in [-0.4, -0.2) is 25.4 Å². The zero-order valence-corrected chi connectivity index (χ0v) is 9.90. The van der Waals surface area contributed by atoms with Crippen molar-refractivity contribution in [3.63, 3.8) is 0 Å². The Hall–Kier alpha value is -2.08. The SMILES string of the molecule is Cc1n[nH]nc1-c1ccc(-c2cncnc2)s1. The number of aromatic nitrogens is 5. The van der Waals surface area contributed by atoms with Gasteiger partial charge < -0.3 is 0 Å². The van der Waals surface area contributed by atoms with E-state index in [0.717, 1.165) is 26.7 Å². The molecule has 1 N–H and O–H groups in total. The minimum absolute atomic E-state index is 0.901. The topological polar surface area (TPSA) is 67.3 Å². The standard InChI is InChI=1S/C11H9N5S/c1-7-11(15-16-14-7)10-3-2-9(17-10)8-4-12-6-13-5-8/h2-6H,1H3,(H,14,15,16). The molecule has 0 aliphatic rings. The molecule has 3 rings (SSSR count). The first kappa shape index (κ1) is 10.1. The van der Waals surface area contributed by atoms with E-state index in [1.807, 2.05) is 19.1 Å². The largest absolute Gasteiger partial charge is 0.244 e. The number of thiophene rings is 1. The van der Waals surface area contributed by atoms with Crippen molar-refractivity contribution >= 4 is 11.3 Å². The van der Waals surface area contributed by atoms with E-state index in [2.05, 4.69) is 25.4 Å². The van der Waals surface area contributed by atoms with Crippen LogP contribution in [0, 0.1) is 6.92 Å². The van der Waals surface area contributed by atoms with E-state index < -0.39 is 0 Å². The average molecular weight is 243 g/mol. The normalized spacial score (nSPS) is 10.6. The molecule has 0 aliphatic heterocycles. The Labute approximate surface area is 102 Å². The van der Waals surface area contributed by atoms with Crippen LogP contribution in [-0.2, 0) is 0 Å². The second-order valence-electron chi connectivity index (χ2n) is 3.55. The van der Waals surface area contributed by atoms with Crippen molar-refractivity contribution in [1.29, 1.82) is 0 Å². The first-order valence-electron chi connectivity index (χ1n) is 5.07. The van der Waals surface area contributed by atoms with E-state index >= 15 is 0 Å². The fourth-order valence-corrected chi connectivity index (χ4v) is 2.59. The van der Waals surface area contributed by atoms with Crippen LogP contribution in [0.5, 0.6) is 0 Å². The summed E-state index contributed by atoms with van der Waals surface area (Å²) in [6.07, 6.45) is 5.14. The molecule has 0 spiro atoms. The van der Waals surface area contributed by atoms with Gasteiger partial charge in [0, 0.05) is 22.8 Å². The van der Waals surface area contributed by atoms with Crippen LogP contribution >= 0.6 is 11.3 Å². The van der Waals surface area contributed by atoms with Crippen LogP contribution in [0.2, 0.25) is 0 Å². The van der Waals surface area contributed by atoms with E-state index in [1.165, 1.54) is 6.33 Å². The van der Waals surface area contributed by atoms with Gasteiger partial charge in [-0.15, -0.1) is 11.3 Å². The molecule has 0 aliphatic carbocycles.